The summed E-state index contributed by atoms with van der Waals surface area (Å²) in [6, 6.07) is 3.78. The van der Waals surface area contributed by atoms with Crippen molar-refractivity contribution in [1.82, 2.24) is 4.98 Å². The van der Waals surface area contributed by atoms with Crippen LogP contribution in [-0.2, 0) is 20.7 Å². The van der Waals surface area contributed by atoms with E-state index in [1.54, 1.807) is 6.20 Å². The fourth-order valence-electron chi connectivity index (χ4n) is 1.69. The Morgan fingerprint density at radius 1 is 1.37 bits per heavy atom. The van der Waals surface area contributed by atoms with Gasteiger partial charge in [0.2, 0.25) is 0 Å². The molecule has 1 heterocycles. The molecule has 0 unspecified atom stereocenters. The van der Waals surface area contributed by atoms with E-state index in [9.17, 15) is 4.79 Å². The molecule has 0 saturated heterocycles. The Labute approximate surface area is 114 Å². The van der Waals surface area contributed by atoms with Crippen LogP contribution in [-0.4, -0.2) is 30.5 Å². The second-order valence-electron chi connectivity index (χ2n) is 4.07. The average Bonchev–Trinajstić information content (AvgIpc) is 2.45. The lowest BCUT2D eigenvalue weighted by Crippen LogP contribution is -2.14. The molecule has 0 aliphatic heterocycles. The topological polar surface area (TPSA) is 74.4 Å². The van der Waals surface area contributed by atoms with Gasteiger partial charge < -0.3 is 15.2 Å². The molecule has 0 aliphatic carbocycles. The summed E-state index contributed by atoms with van der Waals surface area (Å²) >= 11 is 0. The first-order chi connectivity index (χ1) is 9.21. The Hall–Kier alpha value is -1.30. The molecule has 19 heavy (non-hydrogen) atoms. The lowest BCUT2D eigenvalue weighted by molar-refractivity contribution is -0.140. The molecule has 0 aliphatic rings. The average molecular weight is 266 g/mol. The number of ketones is 1. The molecule has 5 nitrogen and oxygen atoms in total. The van der Waals surface area contributed by atoms with Crippen LogP contribution in [0.5, 0.6) is 0 Å². The highest BCUT2D eigenvalue weighted by Gasteiger charge is 2.12. The maximum atomic E-state index is 11.2. The molecule has 2 N–H and O–H groups in total. The maximum absolute atomic E-state index is 11.2. The predicted octanol–water partition coefficient (Wildman–Crippen LogP) is 1.61. The van der Waals surface area contributed by atoms with Gasteiger partial charge in [0.25, 0.3) is 0 Å². The van der Waals surface area contributed by atoms with Crippen molar-refractivity contribution in [1.29, 1.82) is 0 Å². The Balaban J connectivity index is 2.71. The zero-order valence-electron chi connectivity index (χ0n) is 11.6. The van der Waals surface area contributed by atoms with Crippen molar-refractivity contribution in [2.24, 2.45) is 5.73 Å². The highest BCUT2D eigenvalue weighted by Crippen LogP contribution is 2.19. The summed E-state index contributed by atoms with van der Waals surface area (Å²) < 4.78 is 11.1. The van der Waals surface area contributed by atoms with Crippen molar-refractivity contribution >= 4 is 5.78 Å². The largest absolute Gasteiger partial charge is 0.349 e. The van der Waals surface area contributed by atoms with Gasteiger partial charge in [-0.3, -0.25) is 9.78 Å². The van der Waals surface area contributed by atoms with E-state index in [4.69, 9.17) is 15.2 Å². The van der Waals surface area contributed by atoms with Crippen molar-refractivity contribution in [2.45, 2.75) is 33.0 Å². The number of aromatic nitrogens is 1. The molecular formula is C14H22N2O3. The Morgan fingerprint density at radius 2 is 2.05 bits per heavy atom. The highest BCUT2D eigenvalue weighted by molar-refractivity contribution is 5.80. The second-order valence-corrected chi connectivity index (χ2v) is 4.07. The molecule has 0 atom stereocenters. The van der Waals surface area contributed by atoms with Crippen molar-refractivity contribution in [3.05, 3.63) is 29.6 Å². The van der Waals surface area contributed by atoms with Gasteiger partial charge >= 0.3 is 0 Å². The minimum absolute atomic E-state index is 0.0402. The molecule has 0 radical (unpaired) electrons. The van der Waals surface area contributed by atoms with Crippen molar-refractivity contribution in [3.8, 4) is 0 Å². The molecule has 1 aromatic rings. The molecule has 0 spiro atoms. The van der Waals surface area contributed by atoms with E-state index < -0.39 is 0 Å². The van der Waals surface area contributed by atoms with E-state index in [2.05, 4.69) is 4.98 Å². The third-order valence-corrected chi connectivity index (χ3v) is 2.64. The van der Waals surface area contributed by atoms with E-state index >= 15 is 0 Å². The van der Waals surface area contributed by atoms with E-state index in [0.717, 1.165) is 11.3 Å². The van der Waals surface area contributed by atoms with Crippen LogP contribution in [0.4, 0.5) is 0 Å². The van der Waals surface area contributed by atoms with Crippen LogP contribution >= 0.6 is 0 Å². The second kappa shape index (κ2) is 8.74. The molecule has 0 saturated carbocycles. The van der Waals surface area contributed by atoms with Crippen LogP contribution in [0.2, 0.25) is 0 Å². The number of nitrogens with zero attached hydrogens (tertiary/aromatic N) is 1. The van der Waals surface area contributed by atoms with Gasteiger partial charge in [0, 0.05) is 37.1 Å². The number of hydrogen-bond donors (Lipinski definition) is 1. The molecular weight excluding hydrogens is 244 g/mol. The summed E-state index contributed by atoms with van der Waals surface area (Å²) in [6.07, 6.45) is 2.35. The standard InChI is InChI=1S/C14H22N2O3/c1-3-18-14(19-4-2)11-7-8-16-12(9-11)5-6-13(17)10-15/h7-9,14H,3-6,10,15H2,1-2H3. The molecule has 1 aromatic heterocycles. The zero-order valence-corrected chi connectivity index (χ0v) is 11.6. The SMILES string of the molecule is CCOC(OCC)c1ccnc(CCC(=O)CN)c1. The molecule has 0 aromatic carbocycles. The van der Waals surface area contributed by atoms with Crippen LogP contribution in [0.25, 0.3) is 0 Å². The summed E-state index contributed by atoms with van der Waals surface area (Å²) in [7, 11) is 0. The number of carbonyl (C=O) groups excluding carboxylic acids is 1. The zero-order chi connectivity index (χ0) is 14.1. The summed E-state index contributed by atoms with van der Waals surface area (Å²) in [5, 5.41) is 0. The number of ether oxygens (including phenoxy) is 2. The van der Waals surface area contributed by atoms with Crippen LogP contribution in [0.1, 0.15) is 37.8 Å². The third kappa shape index (κ3) is 5.46. The van der Waals surface area contributed by atoms with E-state index in [1.807, 2.05) is 26.0 Å². The lowest BCUT2D eigenvalue weighted by atomic mass is 10.1. The Morgan fingerprint density at radius 3 is 2.63 bits per heavy atom. The van der Waals surface area contributed by atoms with Gasteiger partial charge in [0.05, 0.1) is 6.54 Å². The van der Waals surface area contributed by atoms with Gasteiger partial charge in [-0.05, 0) is 32.4 Å². The first kappa shape index (κ1) is 15.8. The summed E-state index contributed by atoms with van der Waals surface area (Å²) in [6.45, 7) is 5.09. The first-order valence-electron chi connectivity index (χ1n) is 6.61. The molecule has 1 rings (SSSR count). The molecule has 0 amide bonds. The molecule has 106 valence electrons. The minimum atomic E-state index is -0.373. The number of aryl methyl sites for hydroxylation is 1. The monoisotopic (exact) mass is 266 g/mol. The maximum Gasteiger partial charge on any atom is 0.183 e. The number of nitrogens with two attached hydrogens (primary N) is 1. The lowest BCUT2D eigenvalue weighted by Gasteiger charge is -2.17. The van der Waals surface area contributed by atoms with Crippen molar-refractivity contribution < 1.29 is 14.3 Å². The van der Waals surface area contributed by atoms with Crippen LogP contribution in [0.3, 0.4) is 0 Å². The van der Waals surface area contributed by atoms with E-state index in [-0.39, 0.29) is 18.6 Å². The third-order valence-electron chi connectivity index (χ3n) is 2.64. The van der Waals surface area contributed by atoms with Gasteiger partial charge in [-0.15, -0.1) is 0 Å². The van der Waals surface area contributed by atoms with Crippen LogP contribution in [0.15, 0.2) is 18.3 Å². The fourth-order valence-corrected chi connectivity index (χ4v) is 1.69. The van der Waals surface area contributed by atoms with Gasteiger partial charge in [0.1, 0.15) is 5.78 Å². The predicted molar refractivity (Wildman–Crippen MR) is 72.6 cm³/mol. The molecule has 5 heteroatoms. The van der Waals surface area contributed by atoms with E-state index in [1.165, 1.54) is 0 Å². The molecule has 0 bridgehead atoms. The smallest absolute Gasteiger partial charge is 0.183 e. The van der Waals surface area contributed by atoms with Gasteiger partial charge in [-0.1, -0.05) is 0 Å². The molecule has 0 fully saturated rings. The van der Waals surface area contributed by atoms with Crippen LogP contribution < -0.4 is 5.73 Å². The first-order valence-corrected chi connectivity index (χ1v) is 6.61. The van der Waals surface area contributed by atoms with Crippen molar-refractivity contribution in [3.63, 3.8) is 0 Å². The number of pyridine rings is 1. The van der Waals surface area contributed by atoms with Gasteiger partial charge in [0.15, 0.2) is 6.29 Å². The van der Waals surface area contributed by atoms with Gasteiger partial charge in [-0.25, -0.2) is 0 Å². The normalized spacial score (nSPS) is 10.9. The summed E-state index contributed by atoms with van der Waals surface area (Å²) in [5.74, 6) is 0.0402. The number of carbonyl (C=O) groups is 1. The Bertz CT molecular complexity index is 390. The fraction of sp³-hybridized carbons (Fsp3) is 0.571. The highest BCUT2D eigenvalue weighted by atomic mass is 16.7. The van der Waals surface area contributed by atoms with Crippen LogP contribution in [0, 0.1) is 0 Å². The Kier molecular flexibility index (Phi) is 7.25. The number of Topliss-reactive ketones (excluding diaryl/α,β-unsaturated/α-hetero) is 1. The minimum Gasteiger partial charge on any atom is -0.349 e. The number of rotatable bonds is 9. The summed E-state index contributed by atoms with van der Waals surface area (Å²) in [5.41, 5.74) is 7.06. The van der Waals surface area contributed by atoms with Gasteiger partial charge in [-0.2, -0.15) is 0 Å². The number of hydrogen-bond acceptors (Lipinski definition) is 5. The summed E-state index contributed by atoms with van der Waals surface area (Å²) in [4.78, 5) is 15.5. The van der Waals surface area contributed by atoms with Crippen molar-refractivity contribution in [2.75, 3.05) is 19.8 Å². The quantitative estimate of drug-likeness (QED) is 0.687. The van der Waals surface area contributed by atoms with E-state index in [0.29, 0.717) is 26.1 Å².